The van der Waals surface area contributed by atoms with E-state index in [-0.39, 0.29) is 6.09 Å². The van der Waals surface area contributed by atoms with Gasteiger partial charge in [-0.15, -0.1) is 11.3 Å². The fourth-order valence-electron chi connectivity index (χ4n) is 1.99. The average molecular weight is 283 g/mol. The average Bonchev–Trinajstić information content (AvgIpc) is 2.96. The number of carbonyl (C=O) groups excluding carboxylic acids is 1. The maximum atomic E-state index is 11.9. The molecule has 1 fully saturated rings. The third kappa shape index (κ3) is 4.47. The number of carbonyl (C=O) groups is 1. The molecule has 1 aromatic rings. The lowest BCUT2D eigenvalue weighted by atomic mass is 10.2. The van der Waals surface area contributed by atoms with E-state index in [1.165, 1.54) is 4.88 Å². The molecule has 0 saturated carbocycles. The van der Waals surface area contributed by atoms with Crippen molar-refractivity contribution in [2.45, 2.75) is 45.4 Å². The lowest BCUT2D eigenvalue weighted by Crippen LogP contribution is -2.38. The minimum Gasteiger partial charge on any atom is -0.444 e. The highest BCUT2D eigenvalue weighted by Crippen LogP contribution is 2.16. The molecule has 0 spiro atoms. The second kappa shape index (κ2) is 5.88. The van der Waals surface area contributed by atoms with E-state index in [9.17, 15) is 4.79 Å². The lowest BCUT2D eigenvalue weighted by molar-refractivity contribution is 0.0291. The maximum absolute atomic E-state index is 11.9. The predicted molar refractivity (Wildman–Crippen MR) is 75.2 cm³/mol. The van der Waals surface area contributed by atoms with E-state index in [0.717, 1.165) is 19.5 Å². The molecule has 19 heavy (non-hydrogen) atoms. The van der Waals surface area contributed by atoms with Gasteiger partial charge in [0.1, 0.15) is 5.60 Å². The standard InChI is InChI=1S/C13H21N3O2S/c1-13(2,3)18-12(17)16-5-4-10(8-16)15-7-11-6-14-9-19-11/h6,9-10,15H,4-5,7-8H2,1-3H3/t10-/m1/s1. The molecule has 0 aromatic carbocycles. The van der Waals surface area contributed by atoms with Gasteiger partial charge in [-0.1, -0.05) is 0 Å². The molecule has 5 nitrogen and oxygen atoms in total. The maximum Gasteiger partial charge on any atom is 0.410 e. The normalized spacial score (nSPS) is 19.7. The summed E-state index contributed by atoms with van der Waals surface area (Å²) in [6.07, 6.45) is 2.63. The molecular formula is C13H21N3O2S. The first-order chi connectivity index (χ1) is 8.94. The number of hydrogen-bond acceptors (Lipinski definition) is 5. The monoisotopic (exact) mass is 283 g/mol. The molecule has 1 atom stereocenters. The molecule has 1 N–H and O–H groups in total. The number of hydrogen-bond donors (Lipinski definition) is 1. The second-order valence-electron chi connectivity index (χ2n) is 5.76. The van der Waals surface area contributed by atoms with Gasteiger partial charge in [0.05, 0.1) is 5.51 Å². The van der Waals surface area contributed by atoms with Crippen molar-refractivity contribution in [3.8, 4) is 0 Å². The summed E-state index contributed by atoms with van der Waals surface area (Å²) in [5.74, 6) is 0. The fraction of sp³-hybridized carbons (Fsp3) is 0.692. The molecular weight excluding hydrogens is 262 g/mol. The van der Waals surface area contributed by atoms with E-state index < -0.39 is 5.60 Å². The SMILES string of the molecule is CC(C)(C)OC(=O)N1CC[C@@H](NCc2cncs2)C1. The van der Waals surface area contributed by atoms with E-state index in [1.54, 1.807) is 16.2 Å². The lowest BCUT2D eigenvalue weighted by Gasteiger charge is -2.24. The van der Waals surface area contributed by atoms with Gasteiger partial charge < -0.3 is 15.0 Å². The minimum absolute atomic E-state index is 0.213. The summed E-state index contributed by atoms with van der Waals surface area (Å²) in [5.41, 5.74) is 1.41. The van der Waals surface area contributed by atoms with Crippen molar-refractivity contribution in [2.24, 2.45) is 0 Å². The molecule has 2 rings (SSSR count). The molecule has 1 aliphatic rings. The summed E-state index contributed by atoms with van der Waals surface area (Å²) < 4.78 is 5.37. The predicted octanol–water partition coefficient (Wildman–Crippen LogP) is 2.24. The zero-order chi connectivity index (χ0) is 13.9. The number of likely N-dealkylation sites (tertiary alicyclic amines) is 1. The van der Waals surface area contributed by atoms with Gasteiger partial charge in [-0.2, -0.15) is 0 Å². The Balaban J connectivity index is 1.75. The molecule has 0 bridgehead atoms. The molecule has 1 saturated heterocycles. The molecule has 1 aliphatic heterocycles. The van der Waals surface area contributed by atoms with Crippen LogP contribution in [-0.2, 0) is 11.3 Å². The summed E-state index contributed by atoms with van der Waals surface area (Å²) in [6.45, 7) is 7.96. The van der Waals surface area contributed by atoms with Crippen molar-refractivity contribution in [3.05, 3.63) is 16.6 Å². The van der Waals surface area contributed by atoms with Gasteiger partial charge in [-0.25, -0.2) is 4.79 Å². The van der Waals surface area contributed by atoms with Crippen LogP contribution < -0.4 is 5.32 Å². The first-order valence-electron chi connectivity index (χ1n) is 6.53. The van der Waals surface area contributed by atoms with E-state index in [1.807, 2.05) is 32.5 Å². The Bertz CT molecular complexity index is 414. The molecule has 0 aliphatic carbocycles. The van der Waals surface area contributed by atoms with E-state index in [0.29, 0.717) is 12.6 Å². The van der Waals surface area contributed by atoms with Crippen LogP contribution in [-0.4, -0.2) is 40.7 Å². The van der Waals surface area contributed by atoms with Gasteiger partial charge in [-0.05, 0) is 27.2 Å². The van der Waals surface area contributed by atoms with E-state index in [2.05, 4.69) is 10.3 Å². The molecule has 106 valence electrons. The van der Waals surface area contributed by atoms with Crippen molar-refractivity contribution >= 4 is 17.4 Å². The summed E-state index contributed by atoms with van der Waals surface area (Å²) in [5, 5.41) is 3.45. The van der Waals surface area contributed by atoms with Crippen molar-refractivity contribution in [2.75, 3.05) is 13.1 Å². The van der Waals surface area contributed by atoms with Crippen LogP contribution in [0.5, 0.6) is 0 Å². The van der Waals surface area contributed by atoms with Crippen LogP contribution in [0, 0.1) is 0 Å². The first kappa shape index (κ1) is 14.3. The van der Waals surface area contributed by atoms with Gasteiger partial charge in [0, 0.05) is 36.8 Å². The molecule has 1 aromatic heterocycles. The van der Waals surface area contributed by atoms with Crippen LogP contribution in [0.15, 0.2) is 11.7 Å². The second-order valence-corrected chi connectivity index (χ2v) is 6.73. The summed E-state index contributed by atoms with van der Waals surface area (Å²) >= 11 is 1.64. The van der Waals surface area contributed by atoms with E-state index >= 15 is 0 Å². The Hall–Kier alpha value is -1.14. The van der Waals surface area contributed by atoms with Crippen LogP contribution in [0.2, 0.25) is 0 Å². The number of nitrogens with one attached hydrogen (secondary N) is 1. The zero-order valence-electron chi connectivity index (χ0n) is 11.7. The Kier molecular flexibility index (Phi) is 4.42. The topological polar surface area (TPSA) is 54.5 Å². The molecule has 1 amide bonds. The number of thiazole rings is 1. The Morgan fingerprint density at radius 1 is 1.63 bits per heavy atom. The highest BCUT2D eigenvalue weighted by atomic mass is 32.1. The highest BCUT2D eigenvalue weighted by molar-refractivity contribution is 7.09. The summed E-state index contributed by atoms with van der Waals surface area (Å²) in [6, 6.07) is 0.342. The van der Waals surface area contributed by atoms with Crippen LogP contribution in [0.3, 0.4) is 0 Å². The van der Waals surface area contributed by atoms with Gasteiger partial charge in [0.25, 0.3) is 0 Å². The minimum atomic E-state index is -0.425. The highest BCUT2D eigenvalue weighted by Gasteiger charge is 2.29. The van der Waals surface area contributed by atoms with Gasteiger partial charge in [0.15, 0.2) is 0 Å². The number of amides is 1. The van der Waals surface area contributed by atoms with Crippen LogP contribution in [0.25, 0.3) is 0 Å². The van der Waals surface area contributed by atoms with Crippen LogP contribution in [0.1, 0.15) is 32.1 Å². The number of aromatic nitrogens is 1. The van der Waals surface area contributed by atoms with Crippen molar-refractivity contribution in [1.82, 2.24) is 15.2 Å². The molecule has 0 unspecified atom stereocenters. The van der Waals surface area contributed by atoms with Crippen LogP contribution >= 0.6 is 11.3 Å². The number of nitrogens with zero attached hydrogens (tertiary/aromatic N) is 2. The summed E-state index contributed by atoms with van der Waals surface area (Å²) in [7, 11) is 0. The first-order valence-corrected chi connectivity index (χ1v) is 7.41. The molecule has 2 heterocycles. The third-order valence-electron chi connectivity index (χ3n) is 2.89. The zero-order valence-corrected chi connectivity index (χ0v) is 12.5. The Labute approximate surface area is 118 Å². The van der Waals surface area contributed by atoms with Crippen molar-refractivity contribution in [1.29, 1.82) is 0 Å². The molecule has 6 heteroatoms. The summed E-state index contributed by atoms with van der Waals surface area (Å²) in [4.78, 5) is 18.9. The molecule has 0 radical (unpaired) electrons. The Morgan fingerprint density at radius 2 is 2.42 bits per heavy atom. The van der Waals surface area contributed by atoms with Gasteiger partial charge in [-0.3, -0.25) is 4.98 Å². The van der Waals surface area contributed by atoms with Crippen molar-refractivity contribution in [3.63, 3.8) is 0 Å². The van der Waals surface area contributed by atoms with Gasteiger partial charge >= 0.3 is 6.09 Å². The fourth-order valence-corrected chi connectivity index (χ4v) is 2.54. The smallest absolute Gasteiger partial charge is 0.410 e. The third-order valence-corrected chi connectivity index (χ3v) is 3.67. The van der Waals surface area contributed by atoms with Gasteiger partial charge in [0.2, 0.25) is 0 Å². The van der Waals surface area contributed by atoms with Crippen molar-refractivity contribution < 1.29 is 9.53 Å². The van der Waals surface area contributed by atoms with E-state index in [4.69, 9.17) is 4.74 Å². The largest absolute Gasteiger partial charge is 0.444 e. The quantitative estimate of drug-likeness (QED) is 0.924. The van der Waals surface area contributed by atoms with Crippen LogP contribution in [0.4, 0.5) is 4.79 Å². The Morgan fingerprint density at radius 3 is 3.05 bits per heavy atom. The number of rotatable bonds is 3. The number of ether oxygens (including phenoxy) is 1.